The minimum Gasteiger partial charge on any atom is -0.507 e. The van der Waals surface area contributed by atoms with Gasteiger partial charge in [-0.1, -0.05) is 58.4 Å². The molecule has 0 aliphatic rings. The fourth-order valence-corrected chi connectivity index (χ4v) is 4.58. The number of rotatable bonds is 5. The van der Waals surface area contributed by atoms with E-state index in [-0.39, 0.29) is 27.6 Å². The Hall–Kier alpha value is -3.36. The lowest BCUT2D eigenvalue weighted by molar-refractivity contribution is 0.102. The normalized spacial score (nSPS) is 11.3. The number of hydrogen-bond donors (Lipinski definition) is 2. The Morgan fingerprint density at radius 3 is 2.29 bits per heavy atom. The third-order valence-corrected chi connectivity index (χ3v) is 6.25. The lowest BCUT2D eigenvalue weighted by Gasteiger charge is -2.13. The molecule has 2 N–H and O–H groups in total. The number of carbonyl (C=O) groups excluding carboxylic acids is 1. The molecule has 4 aromatic carbocycles. The molecule has 0 bridgehead atoms. The first-order valence-electron chi connectivity index (χ1n) is 9.16. The molecule has 0 aromatic heterocycles. The van der Waals surface area contributed by atoms with Crippen molar-refractivity contribution in [1.82, 2.24) is 0 Å². The molecule has 1 amide bonds. The number of phenolic OH excluding ortho intramolecular Hbond substituents is 1. The van der Waals surface area contributed by atoms with Crippen molar-refractivity contribution < 1.29 is 22.5 Å². The van der Waals surface area contributed by atoms with Crippen LogP contribution < -0.4 is 9.50 Å². The van der Waals surface area contributed by atoms with E-state index >= 15 is 0 Å². The van der Waals surface area contributed by atoms with Gasteiger partial charge in [-0.3, -0.25) is 4.79 Å². The molecule has 6 nitrogen and oxygen atoms in total. The number of fused-ring (bicyclic) bond motifs is 1. The summed E-state index contributed by atoms with van der Waals surface area (Å²) in [7, 11) is -4.13. The zero-order valence-corrected chi connectivity index (χ0v) is 18.4. The van der Waals surface area contributed by atoms with Gasteiger partial charge in [0.15, 0.2) is 5.75 Å². The number of aromatic hydroxyl groups is 1. The smallest absolute Gasteiger partial charge is 0.339 e. The Morgan fingerprint density at radius 1 is 0.871 bits per heavy atom. The van der Waals surface area contributed by atoms with Gasteiger partial charge in [0.25, 0.3) is 5.91 Å². The highest BCUT2D eigenvalue weighted by atomic mass is 79.9. The van der Waals surface area contributed by atoms with E-state index in [1.54, 1.807) is 30.3 Å². The number of nitrogens with one attached hydrogen (secondary N) is 1. The molecule has 31 heavy (non-hydrogen) atoms. The zero-order valence-electron chi connectivity index (χ0n) is 15.9. The van der Waals surface area contributed by atoms with Gasteiger partial charge in [-0.2, -0.15) is 8.42 Å². The summed E-state index contributed by atoms with van der Waals surface area (Å²) in [6, 6.07) is 22.7. The molecule has 0 aliphatic carbocycles. The van der Waals surface area contributed by atoms with Crippen LogP contribution in [0.15, 0.2) is 94.3 Å². The van der Waals surface area contributed by atoms with Crippen LogP contribution in [0.25, 0.3) is 10.8 Å². The van der Waals surface area contributed by atoms with Crippen LogP contribution in [0.2, 0.25) is 0 Å². The van der Waals surface area contributed by atoms with Crippen LogP contribution in [0.5, 0.6) is 11.5 Å². The second-order valence-electron chi connectivity index (χ2n) is 6.66. The number of carbonyl (C=O) groups is 1. The van der Waals surface area contributed by atoms with Crippen LogP contribution >= 0.6 is 15.9 Å². The van der Waals surface area contributed by atoms with E-state index in [1.807, 2.05) is 24.3 Å². The molecule has 4 rings (SSSR count). The molecule has 0 unspecified atom stereocenters. The fraction of sp³-hybridized carbons (Fsp3) is 0. The predicted molar refractivity (Wildman–Crippen MR) is 122 cm³/mol. The van der Waals surface area contributed by atoms with Crippen molar-refractivity contribution in [3.8, 4) is 11.5 Å². The third-order valence-electron chi connectivity index (χ3n) is 4.53. The molecule has 156 valence electrons. The van der Waals surface area contributed by atoms with Gasteiger partial charge in [-0.05, 0) is 53.2 Å². The molecule has 8 heteroatoms. The Labute approximate surface area is 187 Å². The summed E-state index contributed by atoms with van der Waals surface area (Å²) in [5, 5.41) is 14.5. The number of halogens is 1. The molecule has 0 aliphatic heterocycles. The zero-order chi connectivity index (χ0) is 22.0. The summed E-state index contributed by atoms with van der Waals surface area (Å²) in [6.07, 6.45) is 0. The van der Waals surface area contributed by atoms with E-state index < -0.39 is 16.0 Å². The summed E-state index contributed by atoms with van der Waals surface area (Å²) in [4.78, 5) is 12.8. The van der Waals surface area contributed by atoms with Gasteiger partial charge in [0, 0.05) is 4.47 Å². The summed E-state index contributed by atoms with van der Waals surface area (Å²) in [5.74, 6) is -0.827. The Kier molecular flexibility index (Phi) is 5.67. The number of hydrogen-bond acceptors (Lipinski definition) is 5. The van der Waals surface area contributed by atoms with Gasteiger partial charge in [0.2, 0.25) is 0 Å². The van der Waals surface area contributed by atoms with Gasteiger partial charge in [-0.15, -0.1) is 0 Å². The van der Waals surface area contributed by atoms with E-state index in [9.17, 15) is 18.3 Å². The van der Waals surface area contributed by atoms with Crippen LogP contribution in [0.1, 0.15) is 10.4 Å². The molecule has 0 saturated heterocycles. The quantitative estimate of drug-likeness (QED) is 0.363. The van der Waals surface area contributed by atoms with Crippen LogP contribution in [0.3, 0.4) is 0 Å². The Morgan fingerprint density at radius 2 is 1.55 bits per heavy atom. The molecule has 0 fully saturated rings. The highest BCUT2D eigenvalue weighted by Crippen LogP contribution is 2.30. The van der Waals surface area contributed by atoms with Gasteiger partial charge in [-0.25, -0.2) is 0 Å². The molecule has 0 saturated carbocycles. The molecule has 0 spiro atoms. The highest BCUT2D eigenvalue weighted by molar-refractivity contribution is 9.10. The second kappa shape index (κ2) is 8.41. The van der Waals surface area contributed by atoms with Gasteiger partial charge in [0.05, 0.1) is 11.3 Å². The fourth-order valence-electron chi connectivity index (χ4n) is 3.03. The third kappa shape index (κ3) is 4.55. The van der Waals surface area contributed by atoms with Crippen LogP contribution in [-0.4, -0.2) is 19.4 Å². The standard InChI is InChI=1S/C23H16BrNO5S/c24-17-8-5-9-18(14-17)31(28,29)30-22-11-4-3-10-20(22)25-23(27)19-12-15-6-1-2-7-16(15)13-21(19)26/h1-14,26H,(H,25,27). The van der Waals surface area contributed by atoms with Crippen LogP contribution in [0, 0.1) is 0 Å². The van der Waals surface area contributed by atoms with Gasteiger partial charge in [0.1, 0.15) is 10.6 Å². The first-order valence-corrected chi connectivity index (χ1v) is 11.4. The molecule has 4 aromatic rings. The molecular weight excluding hydrogens is 482 g/mol. The molecule has 0 radical (unpaired) electrons. The number of benzene rings is 4. The SMILES string of the molecule is O=C(Nc1ccccc1OS(=O)(=O)c1cccc(Br)c1)c1cc2ccccc2cc1O. The maximum absolute atomic E-state index is 12.8. The highest BCUT2D eigenvalue weighted by Gasteiger charge is 2.20. The monoisotopic (exact) mass is 497 g/mol. The molecular formula is C23H16BrNO5S. The predicted octanol–water partition coefficient (Wildman–Crippen LogP) is 5.33. The van der Waals surface area contributed by atoms with Crippen molar-refractivity contribution in [3.63, 3.8) is 0 Å². The first kappa shape index (κ1) is 20.9. The van der Waals surface area contributed by atoms with E-state index in [4.69, 9.17) is 4.18 Å². The largest absolute Gasteiger partial charge is 0.507 e. The summed E-state index contributed by atoms with van der Waals surface area (Å²) < 4.78 is 31.2. The lowest BCUT2D eigenvalue weighted by Crippen LogP contribution is -2.15. The average molecular weight is 498 g/mol. The summed E-state index contributed by atoms with van der Waals surface area (Å²) >= 11 is 3.24. The molecule has 0 heterocycles. The minimum absolute atomic E-state index is 0.0322. The van der Waals surface area contributed by atoms with Crippen molar-refractivity contribution >= 4 is 48.4 Å². The number of amides is 1. The van der Waals surface area contributed by atoms with Crippen molar-refractivity contribution in [2.45, 2.75) is 4.90 Å². The van der Waals surface area contributed by atoms with E-state index in [0.717, 1.165) is 10.8 Å². The molecule has 0 atom stereocenters. The van der Waals surface area contributed by atoms with Crippen LogP contribution in [0.4, 0.5) is 5.69 Å². The summed E-state index contributed by atoms with van der Waals surface area (Å²) in [5.41, 5.74) is 0.210. The second-order valence-corrected chi connectivity index (χ2v) is 9.12. The maximum Gasteiger partial charge on any atom is 0.339 e. The topological polar surface area (TPSA) is 92.7 Å². The van der Waals surface area contributed by atoms with Gasteiger partial charge < -0.3 is 14.6 Å². The number of para-hydroxylation sites is 2. The Bertz CT molecular complexity index is 1400. The maximum atomic E-state index is 12.8. The first-order chi connectivity index (χ1) is 14.8. The Balaban J connectivity index is 1.64. The summed E-state index contributed by atoms with van der Waals surface area (Å²) in [6.45, 7) is 0. The van der Waals surface area contributed by atoms with E-state index in [2.05, 4.69) is 21.2 Å². The number of phenols is 1. The van der Waals surface area contributed by atoms with E-state index in [0.29, 0.717) is 4.47 Å². The van der Waals surface area contributed by atoms with Crippen molar-refractivity contribution in [2.24, 2.45) is 0 Å². The number of anilines is 1. The average Bonchev–Trinajstić information content (AvgIpc) is 2.74. The van der Waals surface area contributed by atoms with Crippen molar-refractivity contribution in [3.05, 3.63) is 95.0 Å². The van der Waals surface area contributed by atoms with Crippen molar-refractivity contribution in [1.29, 1.82) is 0 Å². The lowest BCUT2D eigenvalue weighted by atomic mass is 10.1. The van der Waals surface area contributed by atoms with Crippen LogP contribution in [-0.2, 0) is 10.1 Å². The van der Waals surface area contributed by atoms with Gasteiger partial charge >= 0.3 is 10.1 Å². The van der Waals surface area contributed by atoms with Crippen molar-refractivity contribution in [2.75, 3.05) is 5.32 Å². The van der Waals surface area contributed by atoms with E-state index in [1.165, 1.54) is 30.3 Å². The minimum atomic E-state index is -4.13.